The van der Waals surface area contributed by atoms with Crippen LogP contribution in [0.5, 0.6) is 11.5 Å². The van der Waals surface area contributed by atoms with Crippen LogP contribution in [0.3, 0.4) is 0 Å². The first-order valence-corrected chi connectivity index (χ1v) is 10.2. The monoisotopic (exact) mass is 390 g/mol. The quantitative estimate of drug-likeness (QED) is 0.529. The second kappa shape index (κ2) is 7.02. The predicted molar refractivity (Wildman–Crippen MR) is 109 cm³/mol. The molecule has 0 aliphatic heterocycles. The second-order valence-electron chi connectivity index (χ2n) is 6.37. The summed E-state index contributed by atoms with van der Waals surface area (Å²) < 4.78 is 32.1. The average Bonchev–Trinajstić information content (AvgIpc) is 2.74. The molecule has 0 unspecified atom stereocenters. The minimum atomic E-state index is -3.94. The zero-order valence-corrected chi connectivity index (χ0v) is 16.0. The Hall–Kier alpha value is -3.31. The van der Waals surface area contributed by atoms with Gasteiger partial charge in [-0.3, -0.25) is 0 Å². The topological polar surface area (TPSA) is 63.6 Å². The van der Waals surface area contributed by atoms with Gasteiger partial charge in [0.15, 0.2) is 0 Å². The standard InChI is InChI=1S/C23H18O4S/c1-27-18-13-11-16(12-14-18)21-15-17-7-5-6-10-20(17)22(24)23(21)28(25,26)19-8-3-2-4-9-19/h2-15,24H,1H3. The number of benzene rings is 4. The molecule has 0 amide bonds. The van der Waals surface area contributed by atoms with E-state index in [0.717, 1.165) is 5.39 Å². The molecule has 0 spiro atoms. The number of fused-ring (bicyclic) bond motifs is 1. The predicted octanol–water partition coefficient (Wildman–Crippen LogP) is 5.05. The van der Waals surface area contributed by atoms with Crippen LogP contribution in [0.25, 0.3) is 21.9 Å². The van der Waals surface area contributed by atoms with E-state index in [1.54, 1.807) is 67.8 Å². The van der Waals surface area contributed by atoms with Gasteiger partial charge < -0.3 is 9.84 Å². The van der Waals surface area contributed by atoms with E-state index in [4.69, 9.17) is 4.74 Å². The first kappa shape index (κ1) is 18.1. The molecule has 0 fully saturated rings. The Balaban J connectivity index is 2.07. The number of hydrogen-bond donors (Lipinski definition) is 1. The third kappa shape index (κ3) is 3.00. The van der Waals surface area contributed by atoms with E-state index in [9.17, 15) is 13.5 Å². The van der Waals surface area contributed by atoms with Gasteiger partial charge in [0.2, 0.25) is 9.84 Å². The molecule has 0 aromatic heterocycles. The number of ether oxygens (including phenoxy) is 1. The number of phenolic OH excluding ortho intramolecular Hbond substituents is 1. The van der Waals surface area contributed by atoms with Gasteiger partial charge in [-0.2, -0.15) is 0 Å². The molecule has 5 heteroatoms. The average molecular weight is 390 g/mol. The minimum Gasteiger partial charge on any atom is -0.506 e. The molecule has 4 aromatic carbocycles. The Labute approximate surface area is 163 Å². The number of rotatable bonds is 4. The fourth-order valence-corrected chi connectivity index (χ4v) is 4.87. The van der Waals surface area contributed by atoms with Crippen molar-refractivity contribution in [2.45, 2.75) is 9.79 Å². The molecular weight excluding hydrogens is 372 g/mol. The molecule has 0 heterocycles. The van der Waals surface area contributed by atoms with Crippen molar-refractivity contribution in [2.75, 3.05) is 7.11 Å². The van der Waals surface area contributed by atoms with Crippen molar-refractivity contribution in [3.05, 3.63) is 84.9 Å². The molecule has 0 radical (unpaired) electrons. The lowest BCUT2D eigenvalue weighted by Gasteiger charge is -2.15. The molecule has 1 N–H and O–H groups in total. The minimum absolute atomic E-state index is 0.0948. The summed E-state index contributed by atoms with van der Waals surface area (Å²) >= 11 is 0. The van der Waals surface area contributed by atoms with Gasteiger partial charge in [-0.15, -0.1) is 0 Å². The summed E-state index contributed by atoms with van der Waals surface area (Å²) in [5.74, 6) is 0.425. The molecule has 140 valence electrons. The van der Waals surface area contributed by atoms with Crippen molar-refractivity contribution < 1.29 is 18.3 Å². The largest absolute Gasteiger partial charge is 0.506 e. The number of sulfone groups is 1. The van der Waals surface area contributed by atoms with E-state index in [2.05, 4.69) is 0 Å². The fraction of sp³-hybridized carbons (Fsp3) is 0.0435. The van der Waals surface area contributed by atoms with Crippen LogP contribution in [0, 0.1) is 0 Å². The number of phenols is 1. The summed E-state index contributed by atoms with van der Waals surface area (Å²) in [6, 6.07) is 24.2. The van der Waals surface area contributed by atoms with Crippen molar-refractivity contribution in [1.29, 1.82) is 0 Å². The molecule has 0 atom stereocenters. The summed E-state index contributed by atoms with van der Waals surface area (Å²) in [4.78, 5) is 0.0397. The van der Waals surface area contributed by atoms with E-state index >= 15 is 0 Å². The van der Waals surface area contributed by atoms with E-state index < -0.39 is 9.84 Å². The summed E-state index contributed by atoms with van der Waals surface area (Å²) in [6.45, 7) is 0. The Bertz CT molecular complexity index is 1250. The summed E-state index contributed by atoms with van der Waals surface area (Å²) in [6.07, 6.45) is 0. The Kier molecular flexibility index (Phi) is 4.53. The third-order valence-corrected chi connectivity index (χ3v) is 6.54. The lowest BCUT2D eigenvalue weighted by Crippen LogP contribution is -2.05. The molecule has 0 aliphatic carbocycles. The zero-order valence-electron chi connectivity index (χ0n) is 15.2. The Morgan fingerprint density at radius 3 is 2.14 bits per heavy atom. The van der Waals surface area contributed by atoms with Crippen LogP contribution in [0.15, 0.2) is 94.7 Å². The van der Waals surface area contributed by atoms with Gasteiger partial charge in [0.05, 0.1) is 12.0 Å². The molecule has 0 aliphatic rings. The zero-order chi connectivity index (χ0) is 19.7. The molecular formula is C23H18O4S. The lowest BCUT2D eigenvalue weighted by atomic mass is 10.00. The SMILES string of the molecule is COc1ccc(-c2cc3ccccc3c(O)c2S(=O)(=O)c2ccccc2)cc1. The van der Waals surface area contributed by atoms with Crippen molar-refractivity contribution in [3.63, 3.8) is 0 Å². The number of methoxy groups -OCH3 is 1. The van der Waals surface area contributed by atoms with Crippen LogP contribution < -0.4 is 4.74 Å². The van der Waals surface area contributed by atoms with E-state index in [1.165, 1.54) is 12.1 Å². The summed E-state index contributed by atoms with van der Waals surface area (Å²) in [5, 5.41) is 12.2. The van der Waals surface area contributed by atoms with Gasteiger partial charge in [0.1, 0.15) is 16.4 Å². The molecule has 4 rings (SSSR count). The van der Waals surface area contributed by atoms with Crippen LogP contribution in [-0.4, -0.2) is 20.6 Å². The maximum Gasteiger partial charge on any atom is 0.210 e. The van der Waals surface area contributed by atoms with Crippen LogP contribution in [0.4, 0.5) is 0 Å². The summed E-state index contributed by atoms with van der Waals surface area (Å²) in [7, 11) is -2.37. The third-order valence-electron chi connectivity index (χ3n) is 4.70. The molecule has 0 bridgehead atoms. The highest BCUT2D eigenvalue weighted by Gasteiger charge is 2.27. The number of hydrogen-bond acceptors (Lipinski definition) is 4. The van der Waals surface area contributed by atoms with E-state index in [1.807, 2.05) is 12.1 Å². The van der Waals surface area contributed by atoms with Crippen molar-refractivity contribution in [3.8, 4) is 22.6 Å². The highest BCUT2D eigenvalue weighted by Crippen LogP contribution is 2.42. The maximum absolute atomic E-state index is 13.4. The van der Waals surface area contributed by atoms with Crippen molar-refractivity contribution in [2.24, 2.45) is 0 Å². The fourth-order valence-electron chi connectivity index (χ4n) is 3.28. The van der Waals surface area contributed by atoms with Gasteiger partial charge in [-0.05, 0) is 41.3 Å². The molecule has 4 aromatic rings. The highest BCUT2D eigenvalue weighted by molar-refractivity contribution is 7.91. The molecule has 0 saturated carbocycles. The highest BCUT2D eigenvalue weighted by atomic mass is 32.2. The smallest absolute Gasteiger partial charge is 0.210 e. The Morgan fingerprint density at radius 1 is 0.821 bits per heavy atom. The Morgan fingerprint density at radius 2 is 1.46 bits per heavy atom. The normalized spacial score (nSPS) is 11.5. The van der Waals surface area contributed by atoms with E-state index in [-0.39, 0.29) is 15.5 Å². The van der Waals surface area contributed by atoms with Crippen molar-refractivity contribution in [1.82, 2.24) is 0 Å². The number of aromatic hydroxyl groups is 1. The van der Waals surface area contributed by atoms with Gasteiger partial charge in [-0.25, -0.2) is 8.42 Å². The van der Waals surface area contributed by atoms with Gasteiger partial charge in [0.25, 0.3) is 0 Å². The lowest BCUT2D eigenvalue weighted by molar-refractivity contribution is 0.415. The summed E-state index contributed by atoms with van der Waals surface area (Å²) in [5.41, 5.74) is 1.12. The first-order valence-electron chi connectivity index (χ1n) is 8.71. The van der Waals surface area contributed by atoms with Crippen molar-refractivity contribution >= 4 is 20.6 Å². The van der Waals surface area contributed by atoms with Gasteiger partial charge >= 0.3 is 0 Å². The second-order valence-corrected chi connectivity index (χ2v) is 8.25. The molecule has 4 nitrogen and oxygen atoms in total. The van der Waals surface area contributed by atoms with E-state index in [0.29, 0.717) is 22.3 Å². The van der Waals surface area contributed by atoms with Gasteiger partial charge in [0, 0.05) is 10.9 Å². The molecule has 0 saturated heterocycles. The van der Waals surface area contributed by atoms with Gasteiger partial charge in [-0.1, -0.05) is 54.6 Å². The first-order chi connectivity index (χ1) is 13.5. The maximum atomic E-state index is 13.4. The van der Waals surface area contributed by atoms with Crippen LogP contribution >= 0.6 is 0 Å². The molecule has 28 heavy (non-hydrogen) atoms. The van der Waals surface area contributed by atoms with Crippen LogP contribution in [0.1, 0.15) is 0 Å². The van der Waals surface area contributed by atoms with Crippen LogP contribution in [0.2, 0.25) is 0 Å². The van der Waals surface area contributed by atoms with Crippen LogP contribution in [-0.2, 0) is 9.84 Å².